The highest BCUT2D eigenvalue weighted by molar-refractivity contribution is 7.89. The van der Waals surface area contributed by atoms with Gasteiger partial charge in [0.25, 0.3) is 5.91 Å². The maximum atomic E-state index is 14.8. The van der Waals surface area contributed by atoms with Crippen LogP contribution in [0.1, 0.15) is 29.8 Å². The van der Waals surface area contributed by atoms with E-state index in [0.717, 1.165) is 27.8 Å². The fraction of sp³-hybridized carbons (Fsp3) is 0.227. The molecule has 176 valence electrons. The van der Waals surface area contributed by atoms with Crippen molar-refractivity contribution in [3.8, 4) is 10.4 Å². The summed E-state index contributed by atoms with van der Waals surface area (Å²) >= 11 is 0.911. The predicted molar refractivity (Wildman–Crippen MR) is 124 cm³/mol. The molecule has 0 atom stereocenters. The molecule has 4 N–H and O–H groups in total. The number of nitrogens with one attached hydrogen (secondary N) is 1. The highest BCUT2D eigenvalue weighted by atomic mass is 32.2. The maximum Gasteiger partial charge on any atom is 0.251 e. The van der Waals surface area contributed by atoms with Gasteiger partial charge in [0.05, 0.1) is 21.6 Å². The molecule has 0 radical (unpaired) electrons. The normalized spacial score (nSPS) is 12.2. The van der Waals surface area contributed by atoms with Gasteiger partial charge in [-0.1, -0.05) is 0 Å². The minimum absolute atomic E-state index is 0.0188. The van der Waals surface area contributed by atoms with Gasteiger partial charge in [-0.05, 0) is 61.9 Å². The quantitative estimate of drug-likeness (QED) is 0.458. The van der Waals surface area contributed by atoms with Crippen molar-refractivity contribution < 1.29 is 27.1 Å². The van der Waals surface area contributed by atoms with Crippen molar-refractivity contribution in [1.29, 1.82) is 0 Å². The number of nitrogens with zero attached hydrogens (tertiary/aromatic N) is 1. The molecule has 0 aliphatic heterocycles. The van der Waals surface area contributed by atoms with Crippen LogP contribution in [0.5, 0.6) is 0 Å². The smallest absolute Gasteiger partial charge is 0.251 e. The number of carbonyl (C=O) groups excluding carboxylic acids is 1. The molecule has 0 unspecified atom stereocenters. The van der Waals surface area contributed by atoms with Crippen LogP contribution in [0.2, 0.25) is 0 Å². The second-order valence-corrected chi connectivity index (χ2v) is 11.2. The van der Waals surface area contributed by atoms with E-state index in [2.05, 4.69) is 5.32 Å². The summed E-state index contributed by atoms with van der Waals surface area (Å²) in [6, 6.07) is 9.15. The van der Waals surface area contributed by atoms with Gasteiger partial charge in [0.2, 0.25) is 10.0 Å². The van der Waals surface area contributed by atoms with Crippen LogP contribution < -0.4 is 11.1 Å². The monoisotopic (exact) mass is 495 g/mol. The Morgan fingerprint density at radius 1 is 1.09 bits per heavy atom. The molecule has 0 saturated carbocycles. The van der Waals surface area contributed by atoms with E-state index in [9.17, 15) is 27.1 Å². The number of aliphatic hydroxyl groups is 1. The molecular weight excluding hydrogens is 472 g/mol. The fourth-order valence-electron chi connectivity index (χ4n) is 3.00. The summed E-state index contributed by atoms with van der Waals surface area (Å²) in [7, 11) is -0.777. The molecule has 11 heteroatoms. The lowest BCUT2D eigenvalue weighted by Crippen LogP contribution is -2.22. The molecule has 0 saturated heterocycles. The average Bonchev–Trinajstić information content (AvgIpc) is 3.10. The molecule has 33 heavy (non-hydrogen) atoms. The number of rotatable bonds is 7. The molecule has 0 aliphatic carbocycles. The van der Waals surface area contributed by atoms with Gasteiger partial charge in [-0.15, -0.1) is 11.3 Å². The number of nitrogens with two attached hydrogens (primary N) is 1. The van der Waals surface area contributed by atoms with E-state index >= 15 is 0 Å². The van der Waals surface area contributed by atoms with Gasteiger partial charge in [-0.3, -0.25) is 4.79 Å². The van der Waals surface area contributed by atoms with E-state index in [1.165, 1.54) is 58.3 Å². The van der Waals surface area contributed by atoms with Crippen LogP contribution in [0.4, 0.5) is 19.5 Å². The number of carbonyl (C=O) groups is 1. The number of halogens is 2. The van der Waals surface area contributed by atoms with Crippen molar-refractivity contribution in [1.82, 2.24) is 4.31 Å². The second kappa shape index (κ2) is 8.82. The number of hydrogen-bond donors (Lipinski definition) is 3. The molecule has 1 amide bonds. The Morgan fingerprint density at radius 2 is 1.64 bits per heavy atom. The molecule has 2 aromatic carbocycles. The van der Waals surface area contributed by atoms with E-state index in [1.807, 2.05) is 0 Å². The summed E-state index contributed by atoms with van der Waals surface area (Å²) in [4.78, 5) is 12.2. The Balaban J connectivity index is 2.00. The van der Waals surface area contributed by atoms with Crippen molar-refractivity contribution in [3.63, 3.8) is 0 Å². The topological polar surface area (TPSA) is 113 Å². The summed E-state index contributed by atoms with van der Waals surface area (Å²) in [5.74, 6) is -2.59. The summed E-state index contributed by atoms with van der Waals surface area (Å²) in [6.45, 7) is 2.82. The number of anilines is 2. The third-order valence-electron chi connectivity index (χ3n) is 4.88. The maximum absolute atomic E-state index is 14.8. The van der Waals surface area contributed by atoms with Crippen molar-refractivity contribution in [2.24, 2.45) is 5.73 Å². The summed E-state index contributed by atoms with van der Waals surface area (Å²) in [6.07, 6.45) is 0. The zero-order chi connectivity index (χ0) is 24.7. The zero-order valence-corrected chi connectivity index (χ0v) is 19.9. The van der Waals surface area contributed by atoms with Crippen molar-refractivity contribution in [2.45, 2.75) is 24.3 Å². The van der Waals surface area contributed by atoms with Gasteiger partial charge < -0.3 is 16.2 Å². The first-order valence-electron chi connectivity index (χ1n) is 9.67. The van der Waals surface area contributed by atoms with Crippen LogP contribution >= 0.6 is 11.3 Å². The van der Waals surface area contributed by atoms with Gasteiger partial charge in [-0.2, -0.15) is 0 Å². The Hall–Kier alpha value is -2.86. The molecule has 3 rings (SSSR count). The van der Waals surface area contributed by atoms with Gasteiger partial charge in [0.1, 0.15) is 16.6 Å². The number of thiophene rings is 1. The molecule has 1 aromatic heterocycles. The second-order valence-electron chi connectivity index (χ2n) is 8.03. The molecule has 0 spiro atoms. The fourth-order valence-corrected chi connectivity index (χ4v) is 5.04. The number of hydrogen-bond acceptors (Lipinski definition) is 6. The molecule has 1 heterocycles. The number of amides is 1. The first kappa shape index (κ1) is 24.8. The number of benzene rings is 2. The van der Waals surface area contributed by atoms with E-state index < -0.39 is 33.2 Å². The van der Waals surface area contributed by atoms with Gasteiger partial charge in [-0.25, -0.2) is 21.5 Å². The van der Waals surface area contributed by atoms with Crippen LogP contribution in [0, 0.1) is 11.6 Å². The highest BCUT2D eigenvalue weighted by Gasteiger charge is 2.24. The van der Waals surface area contributed by atoms with E-state index in [1.54, 1.807) is 0 Å². The summed E-state index contributed by atoms with van der Waals surface area (Å²) in [5, 5.41) is 13.2. The molecular formula is C22H23F2N3O4S2. The van der Waals surface area contributed by atoms with Crippen molar-refractivity contribution in [2.75, 3.05) is 19.4 Å². The SMILES string of the molecule is CN(C)S(=O)(=O)c1ccc(Nc2sc(-c3c(F)cc(C(C)(C)O)cc3F)cc2C(N)=O)cc1. The van der Waals surface area contributed by atoms with E-state index in [-0.39, 0.29) is 31.5 Å². The standard InChI is InChI=1S/C22H23F2N3O4S2/c1-22(2,29)12-9-16(23)19(17(24)10-12)18-11-15(20(25)28)21(32-18)26-13-5-7-14(8-6-13)33(30,31)27(3)4/h5-11,26,29H,1-4H3,(H2,25,28). The largest absolute Gasteiger partial charge is 0.386 e. The van der Waals surface area contributed by atoms with Gasteiger partial charge in [0.15, 0.2) is 0 Å². The van der Waals surface area contributed by atoms with E-state index in [4.69, 9.17) is 5.73 Å². The third kappa shape index (κ3) is 5.06. The molecule has 0 fully saturated rings. The Labute approximate surface area is 194 Å². The first-order valence-corrected chi connectivity index (χ1v) is 11.9. The van der Waals surface area contributed by atoms with Crippen LogP contribution in [0.3, 0.4) is 0 Å². The zero-order valence-electron chi connectivity index (χ0n) is 18.3. The van der Waals surface area contributed by atoms with Crippen LogP contribution in [-0.4, -0.2) is 37.8 Å². The van der Waals surface area contributed by atoms with Gasteiger partial charge >= 0.3 is 0 Å². The predicted octanol–water partition coefficient (Wildman–Crippen LogP) is 4.01. The lowest BCUT2D eigenvalue weighted by atomic mass is 9.96. The van der Waals surface area contributed by atoms with Gasteiger partial charge in [0, 0.05) is 24.7 Å². The van der Waals surface area contributed by atoms with Crippen LogP contribution in [0.15, 0.2) is 47.4 Å². The van der Waals surface area contributed by atoms with Crippen molar-refractivity contribution >= 4 is 38.0 Å². The minimum Gasteiger partial charge on any atom is -0.386 e. The molecule has 0 aliphatic rings. The third-order valence-corrected chi connectivity index (χ3v) is 7.78. The van der Waals surface area contributed by atoms with Crippen LogP contribution in [0.25, 0.3) is 10.4 Å². The molecule has 7 nitrogen and oxygen atoms in total. The van der Waals surface area contributed by atoms with Crippen molar-refractivity contribution in [3.05, 3.63) is 65.2 Å². The number of primary amides is 1. The Morgan fingerprint density at radius 3 is 2.09 bits per heavy atom. The molecule has 0 bridgehead atoms. The lowest BCUT2D eigenvalue weighted by Gasteiger charge is -2.18. The highest BCUT2D eigenvalue weighted by Crippen LogP contribution is 2.40. The summed E-state index contributed by atoms with van der Waals surface area (Å²) < 4.78 is 55.1. The van der Waals surface area contributed by atoms with E-state index in [0.29, 0.717) is 5.69 Å². The minimum atomic E-state index is -3.61. The molecule has 3 aromatic rings. The Kier molecular flexibility index (Phi) is 6.62. The first-order chi connectivity index (χ1) is 15.2. The summed E-state index contributed by atoms with van der Waals surface area (Å²) in [5.41, 5.74) is 4.20. The van der Waals surface area contributed by atoms with Crippen LogP contribution in [-0.2, 0) is 15.6 Å². The Bertz CT molecular complexity index is 1290. The number of sulfonamides is 1. The average molecular weight is 496 g/mol. The lowest BCUT2D eigenvalue weighted by molar-refractivity contribution is 0.0778.